The van der Waals surface area contributed by atoms with Gasteiger partial charge in [0.05, 0.1) is 0 Å². The lowest BCUT2D eigenvalue weighted by atomic mass is 9.76. The average Bonchev–Trinajstić information content (AvgIpc) is 0.778. The summed E-state index contributed by atoms with van der Waals surface area (Å²) in [6.07, 6.45) is -0.730. The SMILES string of the molecule is C.CC(=O)OC(C)(C)C.CC(C)(C)OC(=O)OC(=O)OC(C)(C)C.Cc1cc(C(c2cc(C)c(O)cc2C)c2cc(Cc3ccc(O)c(C(c4cc(C)c(O)cc4C)c4cc(C)c(O)cc4C)c3)ccc2O)c(C)cc1O.Cc1cc(C)c(C(c2cc(Cc3ccc(C)c(C(c4cc(C)c(C)cc4C)c4cc(C)c(C)cc4C)c3)ccc2C)c2cc(C)c(C)cc2C)cc1C. The molecule has 0 saturated heterocycles. The quantitative estimate of drug-likeness (QED) is 0.0231. The van der Waals surface area contributed by atoms with Gasteiger partial charge in [-0.05, 0) is 464 Å². The Morgan fingerprint density at radius 2 is 0.408 bits per heavy atom. The van der Waals surface area contributed by atoms with Gasteiger partial charge in [0, 0.05) is 41.7 Å². The minimum absolute atomic E-state index is 0. The van der Waals surface area contributed by atoms with E-state index in [1.54, 1.807) is 77.9 Å². The lowest BCUT2D eigenvalue weighted by molar-refractivity contribution is -0.151. The molecular weight excluding hydrogens is 1610 g/mol. The highest BCUT2D eigenvalue weighted by Crippen LogP contribution is 2.48. The van der Waals surface area contributed by atoms with E-state index in [9.17, 15) is 45.0 Å². The molecule has 0 bridgehead atoms. The molecule has 0 amide bonds. The summed E-state index contributed by atoms with van der Waals surface area (Å²) in [5.74, 6) is 0.406. The summed E-state index contributed by atoms with van der Waals surface area (Å²) in [5, 5.41) is 65.1. The highest BCUT2D eigenvalue weighted by atomic mass is 16.8. The van der Waals surface area contributed by atoms with Crippen LogP contribution in [0.1, 0.15) is 312 Å². The second-order valence-electron chi connectivity index (χ2n) is 39.1. The lowest BCUT2D eigenvalue weighted by Crippen LogP contribution is -2.29. The summed E-state index contributed by atoms with van der Waals surface area (Å²) in [6.45, 7) is 63.9. The van der Waals surface area contributed by atoms with Gasteiger partial charge in [-0.2, -0.15) is 0 Å². The van der Waals surface area contributed by atoms with Crippen molar-refractivity contribution in [3.05, 3.63) is 381 Å². The zero-order valence-corrected chi connectivity index (χ0v) is 82.4. The van der Waals surface area contributed by atoms with Crippen LogP contribution in [0.4, 0.5) is 9.59 Å². The van der Waals surface area contributed by atoms with Crippen LogP contribution >= 0.6 is 0 Å². The normalized spacial score (nSPS) is 11.5. The third-order valence-electron chi connectivity index (χ3n) is 24.7. The maximum atomic E-state index is 11.5. The first-order valence-electron chi connectivity index (χ1n) is 44.7. The fourth-order valence-corrected chi connectivity index (χ4v) is 17.3. The number of phenolic OH excluding ortho intramolecular Hbond substituents is 6. The molecule has 0 aromatic heterocycles. The maximum absolute atomic E-state index is 11.5. The Morgan fingerprint density at radius 3 is 0.623 bits per heavy atom. The van der Waals surface area contributed by atoms with Crippen molar-refractivity contribution in [1.29, 1.82) is 0 Å². The van der Waals surface area contributed by atoms with E-state index in [0.717, 1.165) is 84.3 Å². The minimum atomic E-state index is -1.06. The van der Waals surface area contributed by atoms with E-state index in [4.69, 9.17) is 14.2 Å². The number of phenols is 6. The number of ether oxygens (including phenoxy) is 4. The van der Waals surface area contributed by atoms with Crippen molar-refractivity contribution in [2.45, 2.75) is 282 Å². The third kappa shape index (κ3) is 25.8. The summed E-state index contributed by atoms with van der Waals surface area (Å²) < 4.78 is 18.6. The Kier molecular flexibility index (Phi) is 33.3. The molecule has 0 atom stereocenters. The number of aromatic hydroxyl groups is 6. The van der Waals surface area contributed by atoms with Crippen LogP contribution in [0.3, 0.4) is 0 Å². The summed E-state index contributed by atoms with van der Waals surface area (Å²) in [5.41, 5.74) is 41.9. The molecule has 12 aromatic rings. The Bertz CT molecular complexity index is 5280. The van der Waals surface area contributed by atoms with Crippen LogP contribution in [-0.2, 0) is 36.6 Å². The minimum Gasteiger partial charge on any atom is -0.508 e. The fourth-order valence-electron chi connectivity index (χ4n) is 17.3. The fraction of sp³-hybridized carbons (Fsp3) is 0.359. The van der Waals surface area contributed by atoms with E-state index in [1.807, 2.05) is 125 Å². The molecule has 13 heteroatoms. The zero-order valence-electron chi connectivity index (χ0n) is 82.4. The van der Waals surface area contributed by atoms with Crippen molar-refractivity contribution in [3.8, 4) is 34.5 Å². The van der Waals surface area contributed by atoms with Gasteiger partial charge in [-0.25, -0.2) is 9.59 Å². The Balaban J connectivity index is 0.000000257. The molecule has 12 aromatic carbocycles. The maximum Gasteiger partial charge on any atom is 0.519 e. The molecule has 12 rings (SSSR count). The molecule has 0 heterocycles. The number of esters is 1. The Hall–Kier alpha value is -12.4. The topological polar surface area (TPSA) is 210 Å². The van der Waals surface area contributed by atoms with Crippen LogP contribution in [0.5, 0.6) is 34.5 Å². The van der Waals surface area contributed by atoms with Crippen molar-refractivity contribution >= 4 is 18.3 Å². The summed E-state index contributed by atoms with van der Waals surface area (Å²) in [6, 6.07) is 60.0. The predicted molar refractivity (Wildman–Crippen MR) is 533 cm³/mol. The third-order valence-corrected chi connectivity index (χ3v) is 24.7. The van der Waals surface area contributed by atoms with Crippen LogP contribution in [0.25, 0.3) is 0 Å². The molecule has 0 spiro atoms. The van der Waals surface area contributed by atoms with E-state index in [1.165, 1.54) is 129 Å². The monoisotopic (exact) mass is 1760 g/mol. The van der Waals surface area contributed by atoms with Gasteiger partial charge in [0.1, 0.15) is 51.3 Å². The number of benzene rings is 12. The molecule has 13 nitrogen and oxygen atoms in total. The number of aryl methyl sites for hydroxylation is 22. The summed E-state index contributed by atoms with van der Waals surface area (Å²) in [4.78, 5) is 32.3. The first kappa shape index (κ1) is 103. The molecule has 0 fully saturated rings. The van der Waals surface area contributed by atoms with E-state index in [2.05, 4.69) is 187 Å². The van der Waals surface area contributed by atoms with Crippen molar-refractivity contribution in [3.63, 3.8) is 0 Å². The second kappa shape index (κ2) is 42.0. The van der Waals surface area contributed by atoms with Crippen LogP contribution < -0.4 is 0 Å². The molecule has 0 aliphatic heterocycles. The molecule has 0 aliphatic carbocycles. The molecule has 688 valence electrons. The average molecular weight is 1760 g/mol. The van der Waals surface area contributed by atoms with Gasteiger partial charge in [-0.15, -0.1) is 0 Å². The van der Waals surface area contributed by atoms with Crippen molar-refractivity contribution in [2.75, 3.05) is 0 Å². The van der Waals surface area contributed by atoms with Gasteiger partial charge in [-0.3, -0.25) is 4.79 Å². The molecule has 130 heavy (non-hydrogen) atoms. The van der Waals surface area contributed by atoms with Crippen molar-refractivity contribution in [1.82, 2.24) is 0 Å². The lowest BCUT2D eigenvalue weighted by Gasteiger charge is -2.27. The molecule has 0 radical (unpaired) electrons. The van der Waals surface area contributed by atoms with E-state index in [-0.39, 0.29) is 65.3 Å². The molecular formula is C117H142O13. The standard InChI is InChI=1S/C53H60.C47H48O6.C10H18O5.C6H12O2.CH4/c1-30-15-17-44(28-50(30)52(46-23-36(7)32(3)19-40(46)11)47-24-37(8)33(4)20-41(47)12)27-45-18-16-31(2)51(29-45)53(48-25-38(9)34(5)21-42(48)13)49-26-39(10)35(6)22-43(49)14;1-24-17-42(50)28(5)13-34(24)46(35-14-29(6)43(51)18-25(35)2)38-22-32(9-11-40(38)48)21-33-10-12-41(49)39(23-33)47(36-15-30(7)44(52)19-26(36)3)37-16-31(8)45(53)20-27(37)4;1-9(2,3)14-7(11)13-8(12)15-10(4,5)6;1-5(7)8-6(2,3)4;/h15-26,28-29,52-53H,27H2,1-14H3;9-20,22-23,46-53H,21H2,1-8H3;1-6H3;1-4H3;1H4. The molecule has 0 aliphatic rings. The smallest absolute Gasteiger partial charge is 0.508 e. The predicted octanol–water partition coefficient (Wildman–Crippen LogP) is 29.2. The van der Waals surface area contributed by atoms with Crippen LogP contribution in [-0.4, -0.2) is 65.7 Å². The largest absolute Gasteiger partial charge is 0.519 e. The molecule has 6 N–H and O–H groups in total. The summed E-state index contributed by atoms with van der Waals surface area (Å²) >= 11 is 0. The summed E-state index contributed by atoms with van der Waals surface area (Å²) in [7, 11) is 0. The van der Waals surface area contributed by atoms with Gasteiger partial charge in [0.25, 0.3) is 0 Å². The first-order valence-corrected chi connectivity index (χ1v) is 44.7. The van der Waals surface area contributed by atoms with E-state index < -0.39 is 35.3 Å². The highest BCUT2D eigenvalue weighted by Gasteiger charge is 2.32. The number of hydrogen-bond donors (Lipinski definition) is 6. The Labute approximate surface area is 775 Å². The van der Waals surface area contributed by atoms with Gasteiger partial charge in [0.15, 0.2) is 0 Å². The van der Waals surface area contributed by atoms with Crippen molar-refractivity contribution in [2.24, 2.45) is 0 Å². The zero-order chi connectivity index (χ0) is 96.0. The van der Waals surface area contributed by atoms with Gasteiger partial charge in [-0.1, -0.05) is 141 Å². The number of hydrogen-bond acceptors (Lipinski definition) is 13. The second-order valence-corrected chi connectivity index (χ2v) is 39.1. The van der Waals surface area contributed by atoms with Gasteiger partial charge < -0.3 is 49.6 Å². The van der Waals surface area contributed by atoms with Crippen LogP contribution in [0, 0.1) is 152 Å². The Morgan fingerprint density at radius 1 is 0.223 bits per heavy atom. The molecule has 0 saturated carbocycles. The van der Waals surface area contributed by atoms with Crippen LogP contribution in [0.2, 0.25) is 0 Å². The number of carbonyl (C=O) groups is 3. The molecule has 0 unspecified atom stereocenters. The van der Waals surface area contributed by atoms with Gasteiger partial charge in [0.2, 0.25) is 0 Å². The first-order chi connectivity index (χ1) is 60.0. The number of carbonyl (C=O) groups excluding carboxylic acids is 3. The van der Waals surface area contributed by atoms with E-state index >= 15 is 0 Å². The van der Waals surface area contributed by atoms with E-state index in [0.29, 0.717) is 17.5 Å². The van der Waals surface area contributed by atoms with Gasteiger partial charge >= 0.3 is 18.3 Å². The number of rotatable bonds is 16. The van der Waals surface area contributed by atoms with Crippen LogP contribution in [0.15, 0.2) is 170 Å². The highest BCUT2D eigenvalue weighted by molar-refractivity contribution is 5.77. The van der Waals surface area contributed by atoms with Crippen molar-refractivity contribution < 1.29 is 64.0 Å².